The maximum atomic E-state index is 13.0. The van der Waals surface area contributed by atoms with E-state index in [2.05, 4.69) is 4.72 Å². The molecule has 0 bridgehead atoms. The predicted molar refractivity (Wildman–Crippen MR) is 117 cm³/mol. The Morgan fingerprint density at radius 2 is 1.67 bits per heavy atom. The molecule has 1 aliphatic heterocycles. The van der Waals surface area contributed by atoms with Gasteiger partial charge < -0.3 is 9.64 Å². The molecule has 4 rings (SSSR count). The van der Waals surface area contributed by atoms with Crippen LogP contribution in [0.5, 0.6) is 11.5 Å². The second-order valence-electron chi connectivity index (χ2n) is 7.25. The van der Waals surface area contributed by atoms with E-state index in [1.807, 2.05) is 32.0 Å². The third-order valence-electron chi connectivity index (χ3n) is 5.10. The number of benzene rings is 3. The monoisotopic (exact) mass is 422 g/mol. The van der Waals surface area contributed by atoms with Gasteiger partial charge in [0.15, 0.2) is 5.75 Å². The number of aryl methyl sites for hydroxylation is 2. The summed E-state index contributed by atoms with van der Waals surface area (Å²) in [6, 6.07) is 17.0. The molecule has 6 nitrogen and oxygen atoms in total. The molecule has 0 aromatic heterocycles. The molecule has 0 radical (unpaired) electrons. The summed E-state index contributed by atoms with van der Waals surface area (Å²) in [7, 11) is -2.11. The first-order chi connectivity index (χ1) is 14.3. The molecule has 1 amide bonds. The summed E-state index contributed by atoms with van der Waals surface area (Å²) in [5.41, 5.74) is 3.30. The Labute approximate surface area is 176 Å². The maximum absolute atomic E-state index is 13.0. The van der Waals surface area contributed by atoms with Crippen molar-refractivity contribution >= 4 is 27.3 Å². The Bertz CT molecular complexity index is 1230. The van der Waals surface area contributed by atoms with Crippen molar-refractivity contribution in [2.45, 2.75) is 25.2 Å². The van der Waals surface area contributed by atoms with Crippen LogP contribution in [-0.4, -0.2) is 21.4 Å². The molecule has 1 N–H and O–H groups in total. The Kier molecular flexibility index (Phi) is 4.99. The SMILES string of the molecule is CCc1ccc(S(=O)(=O)Nc2ccc3c(c2)C(=O)N(C)c2cc(C)ccc2O3)cc1. The average molecular weight is 423 g/mol. The van der Waals surface area contributed by atoms with Crippen LogP contribution in [-0.2, 0) is 16.4 Å². The van der Waals surface area contributed by atoms with E-state index in [1.165, 1.54) is 11.0 Å². The number of carbonyl (C=O) groups excluding carboxylic acids is 1. The van der Waals surface area contributed by atoms with E-state index < -0.39 is 10.0 Å². The Hall–Kier alpha value is -3.32. The lowest BCUT2D eigenvalue weighted by molar-refractivity contribution is 0.0993. The molecule has 0 saturated carbocycles. The van der Waals surface area contributed by atoms with E-state index in [0.717, 1.165) is 17.5 Å². The normalized spacial score (nSPS) is 13.2. The first kappa shape index (κ1) is 20.0. The zero-order chi connectivity index (χ0) is 21.5. The molecule has 0 atom stereocenters. The van der Waals surface area contributed by atoms with Crippen LogP contribution in [0.25, 0.3) is 0 Å². The first-order valence-corrected chi connectivity index (χ1v) is 11.1. The van der Waals surface area contributed by atoms with Gasteiger partial charge in [-0.2, -0.15) is 0 Å². The van der Waals surface area contributed by atoms with Gasteiger partial charge in [-0.25, -0.2) is 8.42 Å². The summed E-state index contributed by atoms with van der Waals surface area (Å²) < 4.78 is 34.0. The molecule has 3 aromatic rings. The zero-order valence-electron chi connectivity index (χ0n) is 17.0. The third kappa shape index (κ3) is 3.64. The number of hydrogen-bond acceptors (Lipinski definition) is 4. The number of ether oxygens (including phenoxy) is 1. The largest absolute Gasteiger partial charge is 0.454 e. The van der Waals surface area contributed by atoms with Crippen molar-refractivity contribution in [2.75, 3.05) is 16.7 Å². The lowest BCUT2D eigenvalue weighted by Crippen LogP contribution is -2.25. The zero-order valence-corrected chi connectivity index (χ0v) is 17.8. The van der Waals surface area contributed by atoms with Gasteiger partial charge in [-0.05, 0) is 66.9 Å². The number of amides is 1. The minimum absolute atomic E-state index is 0.164. The highest BCUT2D eigenvalue weighted by atomic mass is 32.2. The number of rotatable bonds is 4. The molecular weight excluding hydrogens is 400 g/mol. The van der Waals surface area contributed by atoms with E-state index in [4.69, 9.17) is 4.74 Å². The van der Waals surface area contributed by atoms with Crippen molar-refractivity contribution in [3.8, 4) is 11.5 Å². The molecule has 3 aromatic carbocycles. The molecular formula is C23H22N2O4S. The standard InChI is InChI=1S/C23H22N2O4S/c1-4-16-6-9-18(10-7-16)30(27,28)24-17-8-12-21-19(14-17)23(26)25(3)20-13-15(2)5-11-22(20)29-21/h5-14,24H,4H2,1-3H3. The summed E-state index contributed by atoms with van der Waals surface area (Å²) in [4.78, 5) is 14.7. The molecule has 0 aliphatic carbocycles. The van der Waals surface area contributed by atoms with Crippen LogP contribution >= 0.6 is 0 Å². The minimum Gasteiger partial charge on any atom is -0.454 e. The lowest BCUT2D eigenvalue weighted by Gasteiger charge is -2.17. The van der Waals surface area contributed by atoms with Crippen molar-refractivity contribution in [1.29, 1.82) is 0 Å². The minimum atomic E-state index is -3.78. The topological polar surface area (TPSA) is 75.7 Å². The summed E-state index contributed by atoms with van der Waals surface area (Å²) in [6.45, 7) is 3.95. The molecule has 1 heterocycles. The molecule has 0 saturated heterocycles. The van der Waals surface area contributed by atoms with Gasteiger partial charge in [-0.1, -0.05) is 25.1 Å². The van der Waals surface area contributed by atoms with Crippen LogP contribution < -0.4 is 14.4 Å². The maximum Gasteiger partial charge on any atom is 0.261 e. The fourth-order valence-corrected chi connectivity index (χ4v) is 4.40. The summed E-state index contributed by atoms with van der Waals surface area (Å²) >= 11 is 0. The van der Waals surface area contributed by atoms with E-state index in [9.17, 15) is 13.2 Å². The Morgan fingerprint density at radius 1 is 0.967 bits per heavy atom. The van der Waals surface area contributed by atoms with Crippen LogP contribution in [0.3, 0.4) is 0 Å². The van der Waals surface area contributed by atoms with Crippen molar-refractivity contribution in [1.82, 2.24) is 0 Å². The van der Waals surface area contributed by atoms with Gasteiger partial charge >= 0.3 is 0 Å². The van der Waals surface area contributed by atoms with Crippen molar-refractivity contribution < 1.29 is 17.9 Å². The molecule has 7 heteroatoms. The summed E-state index contributed by atoms with van der Waals surface area (Å²) in [6.07, 6.45) is 0.829. The quantitative estimate of drug-likeness (QED) is 0.659. The fraction of sp³-hybridized carbons (Fsp3) is 0.174. The van der Waals surface area contributed by atoms with Crippen molar-refractivity contribution in [3.05, 3.63) is 77.4 Å². The van der Waals surface area contributed by atoms with Crippen LogP contribution in [0.2, 0.25) is 0 Å². The number of fused-ring (bicyclic) bond motifs is 2. The summed E-state index contributed by atoms with van der Waals surface area (Å²) in [5.74, 6) is 0.673. The molecule has 30 heavy (non-hydrogen) atoms. The van der Waals surface area contributed by atoms with Gasteiger partial charge in [0, 0.05) is 12.7 Å². The Morgan fingerprint density at radius 3 is 2.37 bits per heavy atom. The predicted octanol–water partition coefficient (Wildman–Crippen LogP) is 4.74. The highest BCUT2D eigenvalue weighted by Gasteiger charge is 2.26. The lowest BCUT2D eigenvalue weighted by atomic mass is 10.1. The third-order valence-corrected chi connectivity index (χ3v) is 6.50. The number of nitrogens with zero attached hydrogens (tertiary/aromatic N) is 1. The van der Waals surface area contributed by atoms with Crippen molar-refractivity contribution in [2.24, 2.45) is 0 Å². The van der Waals surface area contributed by atoms with Crippen LogP contribution in [0, 0.1) is 6.92 Å². The smallest absolute Gasteiger partial charge is 0.261 e. The van der Waals surface area contributed by atoms with Crippen LogP contribution in [0.1, 0.15) is 28.4 Å². The van der Waals surface area contributed by atoms with Gasteiger partial charge in [-0.3, -0.25) is 9.52 Å². The molecule has 0 fully saturated rings. The van der Waals surface area contributed by atoms with Crippen molar-refractivity contribution in [3.63, 3.8) is 0 Å². The van der Waals surface area contributed by atoms with Crippen LogP contribution in [0.15, 0.2) is 65.6 Å². The first-order valence-electron chi connectivity index (χ1n) is 9.61. The van der Waals surface area contributed by atoms with Gasteiger partial charge in [-0.15, -0.1) is 0 Å². The van der Waals surface area contributed by atoms with Gasteiger partial charge in [0.2, 0.25) is 0 Å². The Balaban J connectivity index is 1.67. The van der Waals surface area contributed by atoms with Gasteiger partial charge in [0.25, 0.3) is 15.9 Å². The van der Waals surface area contributed by atoms with E-state index in [-0.39, 0.29) is 16.4 Å². The molecule has 154 valence electrons. The second-order valence-corrected chi connectivity index (χ2v) is 8.93. The fourth-order valence-electron chi connectivity index (χ4n) is 3.35. The van der Waals surface area contributed by atoms with E-state index in [0.29, 0.717) is 22.9 Å². The number of nitrogens with one attached hydrogen (secondary N) is 1. The highest BCUT2D eigenvalue weighted by molar-refractivity contribution is 7.92. The van der Waals surface area contributed by atoms with Gasteiger partial charge in [0.1, 0.15) is 5.75 Å². The van der Waals surface area contributed by atoms with E-state index in [1.54, 1.807) is 43.4 Å². The number of anilines is 2. The molecule has 1 aliphatic rings. The van der Waals surface area contributed by atoms with E-state index >= 15 is 0 Å². The molecule has 0 unspecified atom stereocenters. The second kappa shape index (κ2) is 7.50. The number of sulfonamides is 1. The van der Waals surface area contributed by atoms with Crippen LogP contribution in [0.4, 0.5) is 11.4 Å². The van der Waals surface area contributed by atoms with Gasteiger partial charge in [0.05, 0.1) is 16.1 Å². The number of carbonyl (C=O) groups is 1. The number of hydrogen-bond donors (Lipinski definition) is 1. The summed E-state index contributed by atoms with van der Waals surface area (Å²) in [5, 5.41) is 0. The average Bonchev–Trinajstić information content (AvgIpc) is 2.83. The molecule has 0 spiro atoms. The highest BCUT2D eigenvalue weighted by Crippen LogP contribution is 2.39.